The van der Waals surface area contributed by atoms with Gasteiger partial charge in [-0.3, -0.25) is 0 Å². The number of benzene rings is 1. The third-order valence-electron chi connectivity index (χ3n) is 2.40. The number of ether oxygens (including phenoxy) is 2. The van der Waals surface area contributed by atoms with Gasteiger partial charge in [0.15, 0.2) is 0 Å². The Morgan fingerprint density at radius 1 is 1.44 bits per heavy atom. The molecule has 1 radical (unpaired) electrons. The highest BCUT2D eigenvalue weighted by atomic mass is 16.5. The maximum Gasteiger partial charge on any atom is 0.119 e. The Hall–Kier alpha value is -1.06. The van der Waals surface area contributed by atoms with Crippen molar-refractivity contribution in [2.45, 2.75) is 33.0 Å². The molecule has 0 bridgehead atoms. The van der Waals surface area contributed by atoms with E-state index in [4.69, 9.17) is 14.6 Å². The summed E-state index contributed by atoms with van der Waals surface area (Å²) in [6.07, 6.45) is 1.05. The summed E-state index contributed by atoms with van der Waals surface area (Å²) < 4.78 is 10.7. The van der Waals surface area contributed by atoms with Crippen molar-refractivity contribution >= 4 is 0 Å². The molecule has 1 aromatic carbocycles. The average Bonchev–Trinajstić information content (AvgIpc) is 2.28. The summed E-state index contributed by atoms with van der Waals surface area (Å²) in [6.45, 7) is 4.55. The molecule has 0 heterocycles. The van der Waals surface area contributed by atoms with E-state index in [0.29, 0.717) is 6.61 Å². The van der Waals surface area contributed by atoms with Crippen LogP contribution >= 0.6 is 0 Å². The lowest BCUT2D eigenvalue weighted by Crippen LogP contribution is -2.10. The molecule has 0 fully saturated rings. The van der Waals surface area contributed by atoms with Gasteiger partial charge in [0.1, 0.15) is 5.75 Å². The zero-order chi connectivity index (χ0) is 12.0. The quantitative estimate of drug-likeness (QED) is 0.802. The van der Waals surface area contributed by atoms with Crippen molar-refractivity contribution in [1.29, 1.82) is 0 Å². The molecule has 0 aromatic heterocycles. The highest BCUT2D eigenvalue weighted by molar-refractivity contribution is 5.32. The first-order valence-electron chi connectivity index (χ1n) is 5.45. The van der Waals surface area contributed by atoms with Crippen LogP contribution in [-0.2, 0) is 11.3 Å². The molecular weight excluding hydrogens is 204 g/mol. The van der Waals surface area contributed by atoms with Crippen LogP contribution in [0.5, 0.6) is 5.75 Å². The van der Waals surface area contributed by atoms with Crippen LogP contribution in [0.3, 0.4) is 0 Å². The van der Waals surface area contributed by atoms with E-state index in [1.165, 1.54) is 0 Å². The highest BCUT2D eigenvalue weighted by Crippen LogP contribution is 2.16. The standard InChI is InChI=1S/C13H19O3/c1-10-6-12(9-14)8-13(7-10)16-5-4-11(2)15-3/h7-8,11,14H,4-5,9H2,1-3H3. The molecule has 3 nitrogen and oxygen atoms in total. The van der Waals surface area contributed by atoms with E-state index < -0.39 is 0 Å². The number of aliphatic hydroxyl groups is 1. The molecule has 1 unspecified atom stereocenters. The molecule has 1 rings (SSSR count). The number of aliphatic hydroxyl groups excluding tert-OH is 1. The van der Waals surface area contributed by atoms with Crippen molar-refractivity contribution < 1.29 is 14.6 Å². The summed E-state index contributed by atoms with van der Waals surface area (Å²) in [5.41, 5.74) is 1.73. The topological polar surface area (TPSA) is 38.7 Å². The largest absolute Gasteiger partial charge is 0.493 e. The molecule has 89 valence electrons. The van der Waals surface area contributed by atoms with Gasteiger partial charge in [0, 0.05) is 13.5 Å². The number of methoxy groups -OCH3 is 1. The lowest BCUT2D eigenvalue weighted by molar-refractivity contribution is 0.0955. The highest BCUT2D eigenvalue weighted by Gasteiger charge is 2.02. The van der Waals surface area contributed by atoms with Gasteiger partial charge in [-0.05, 0) is 43.2 Å². The number of hydrogen-bond acceptors (Lipinski definition) is 3. The van der Waals surface area contributed by atoms with E-state index in [9.17, 15) is 0 Å². The number of hydrogen-bond donors (Lipinski definition) is 1. The van der Waals surface area contributed by atoms with Gasteiger partial charge in [0.05, 0.1) is 19.3 Å². The monoisotopic (exact) mass is 223 g/mol. The minimum Gasteiger partial charge on any atom is -0.493 e. The first-order valence-corrected chi connectivity index (χ1v) is 5.45. The van der Waals surface area contributed by atoms with Crippen molar-refractivity contribution in [3.8, 4) is 5.75 Å². The fraction of sp³-hybridized carbons (Fsp3) is 0.538. The van der Waals surface area contributed by atoms with Crippen molar-refractivity contribution in [3.05, 3.63) is 29.3 Å². The molecule has 0 aliphatic heterocycles. The van der Waals surface area contributed by atoms with Crippen LogP contribution in [0.4, 0.5) is 0 Å². The Morgan fingerprint density at radius 2 is 2.19 bits per heavy atom. The zero-order valence-electron chi connectivity index (χ0n) is 10.1. The molecule has 1 atom stereocenters. The Morgan fingerprint density at radius 3 is 2.81 bits per heavy atom. The third kappa shape index (κ3) is 4.21. The summed E-state index contributed by atoms with van der Waals surface area (Å²) in [6, 6.07) is 6.78. The van der Waals surface area contributed by atoms with Gasteiger partial charge in [-0.1, -0.05) is 0 Å². The zero-order valence-corrected chi connectivity index (χ0v) is 10.1. The Labute approximate surface area is 97.0 Å². The average molecular weight is 223 g/mol. The molecule has 1 N–H and O–H groups in total. The minimum absolute atomic E-state index is 0.00743. The molecule has 16 heavy (non-hydrogen) atoms. The molecule has 0 amide bonds. The normalized spacial score (nSPS) is 12.5. The lowest BCUT2D eigenvalue weighted by atomic mass is 10.1. The molecule has 0 saturated heterocycles. The van der Waals surface area contributed by atoms with Crippen LogP contribution in [0.15, 0.2) is 12.1 Å². The Bertz CT molecular complexity index is 323. The van der Waals surface area contributed by atoms with Crippen molar-refractivity contribution in [2.75, 3.05) is 13.7 Å². The predicted octanol–water partition coefficient (Wildman–Crippen LogP) is 2.09. The van der Waals surface area contributed by atoms with Crippen molar-refractivity contribution in [2.24, 2.45) is 0 Å². The van der Waals surface area contributed by atoms with Gasteiger partial charge >= 0.3 is 0 Å². The molecule has 1 aromatic rings. The SMILES string of the molecule is COC(C)CCOc1cc(C)[c]c(CO)c1. The summed E-state index contributed by atoms with van der Waals surface area (Å²) in [7, 11) is 1.69. The maximum absolute atomic E-state index is 9.03. The summed E-state index contributed by atoms with van der Waals surface area (Å²) >= 11 is 0. The summed E-state index contributed by atoms with van der Waals surface area (Å²) in [5.74, 6) is 0.781. The van der Waals surface area contributed by atoms with E-state index in [0.717, 1.165) is 23.3 Å². The molecule has 0 spiro atoms. The third-order valence-corrected chi connectivity index (χ3v) is 2.40. The molecule has 0 saturated carbocycles. The first-order chi connectivity index (χ1) is 7.65. The van der Waals surface area contributed by atoms with E-state index in [-0.39, 0.29) is 12.7 Å². The number of aryl methyl sites for hydroxylation is 1. The van der Waals surface area contributed by atoms with Gasteiger partial charge in [-0.25, -0.2) is 0 Å². The second-order valence-electron chi connectivity index (χ2n) is 3.87. The van der Waals surface area contributed by atoms with Crippen LogP contribution in [0.1, 0.15) is 24.5 Å². The van der Waals surface area contributed by atoms with Crippen LogP contribution in [0, 0.1) is 13.0 Å². The van der Waals surface area contributed by atoms with E-state index >= 15 is 0 Å². The van der Waals surface area contributed by atoms with Crippen LogP contribution in [-0.4, -0.2) is 24.9 Å². The van der Waals surface area contributed by atoms with Gasteiger partial charge < -0.3 is 14.6 Å². The second kappa shape index (κ2) is 6.51. The first kappa shape index (κ1) is 13.0. The van der Waals surface area contributed by atoms with E-state index in [2.05, 4.69) is 6.07 Å². The molecular formula is C13H19O3. The van der Waals surface area contributed by atoms with Gasteiger partial charge in [-0.2, -0.15) is 0 Å². The summed E-state index contributed by atoms with van der Waals surface area (Å²) in [4.78, 5) is 0. The maximum atomic E-state index is 9.03. The molecule has 0 aliphatic carbocycles. The smallest absolute Gasteiger partial charge is 0.119 e. The predicted molar refractivity (Wildman–Crippen MR) is 62.5 cm³/mol. The van der Waals surface area contributed by atoms with Crippen LogP contribution in [0.25, 0.3) is 0 Å². The van der Waals surface area contributed by atoms with E-state index in [1.54, 1.807) is 7.11 Å². The van der Waals surface area contributed by atoms with Crippen molar-refractivity contribution in [1.82, 2.24) is 0 Å². The fourth-order valence-electron chi connectivity index (χ4n) is 1.38. The lowest BCUT2D eigenvalue weighted by Gasteiger charge is -2.11. The van der Waals surface area contributed by atoms with Gasteiger partial charge in [0.25, 0.3) is 0 Å². The van der Waals surface area contributed by atoms with E-state index in [1.807, 2.05) is 26.0 Å². The number of rotatable bonds is 6. The van der Waals surface area contributed by atoms with Crippen LogP contribution in [0.2, 0.25) is 0 Å². The fourth-order valence-corrected chi connectivity index (χ4v) is 1.38. The molecule has 0 aliphatic rings. The molecule has 3 heteroatoms. The second-order valence-corrected chi connectivity index (χ2v) is 3.87. The van der Waals surface area contributed by atoms with Gasteiger partial charge in [-0.15, -0.1) is 0 Å². The summed E-state index contributed by atoms with van der Waals surface area (Å²) in [5, 5.41) is 9.03. The van der Waals surface area contributed by atoms with Crippen molar-refractivity contribution in [3.63, 3.8) is 0 Å². The van der Waals surface area contributed by atoms with Crippen LogP contribution < -0.4 is 4.74 Å². The minimum atomic E-state index is -0.00743. The Kier molecular flexibility index (Phi) is 5.29. The Balaban J connectivity index is 2.50. The van der Waals surface area contributed by atoms with Gasteiger partial charge in [0.2, 0.25) is 0 Å².